The second-order valence-electron chi connectivity index (χ2n) is 11.6. The first-order valence-corrected chi connectivity index (χ1v) is 14.6. The number of fused-ring (bicyclic) bond motifs is 3. The summed E-state index contributed by atoms with van der Waals surface area (Å²) in [7, 11) is 8.03. The van der Waals surface area contributed by atoms with Crippen LogP contribution in [0.4, 0.5) is 11.8 Å². The number of hydrogen-bond donors (Lipinski definition) is 1. The molecule has 0 saturated carbocycles. The van der Waals surface area contributed by atoms with E-state index in [4.69, 9.17) is 10.1 Å². The van der Waals surface area contributed by atoms with Gasteiger partial charge in [0, 0.05) is 74.6 Å². The summed E-state index contributed by atoms with van der Waals surface area (Å²) in [5, 5.41) is 17.0. The van der Waals surface area contributed by atoms with Gasteiger partial charge in [-0.15, -0.1) is 0 Å². The molecule has 0 unspecified atom stereocenters. The third-order valence-electron chi connectivity index (χ3n) is 8.47. The van der Waals surface area contributed by atoms with Crippen LogP contribution in [0, 0.1) is 0 Å². The highest BCUT2D eigenvalue weighted by molar-refractivity contribution is 5.85. The molecule has 7 rings (SSSR count). The molecule has 0 spiro atoms. The number of likely N-dealkylation sites (tertiary alicyclic amines) is 1. The smallest absolute Gasteiger partial charge is 0.244 e. The summed E-state index contributed by atoms with van der Waals surface area (Å²) in [4.78, 5) is 26.5. The van der Waals surface area contributed by atoms with Crippen LogP contribution >= 0.6 is 0 Å². The summed E-state index contributed by atoms with van der Waals surface area (Å²) in [6.07, 6.45) is 10.3. The number of anilines is 2. The van der Waals surface area contributed by atoms with Gasteiger partial charge in [-0.25, -0.2) is 9.97 Å². The third kappa shape index (κ3) is 5.18. The zero-order valence-corrected chi connectivity index (χ0v) is 24.9. The molecule has 1 aliphatic carbocycles. The second-order valence-corrected chi connectivity index (χ2v) is 11.6. The summed E-state index contributed by atoms with van der Waals surface area (Å²) in [6.45, 7) is 1.74. The molecule has 5 aromatic rings. The van der Waals surface area contributed by atoms with E-state index in [0.29, 0.717) is 17.8 Å². The lowest BCUT2D eigenvalue weighted by atomic mass is 9.91. The van der Waals surface area contributed by atoms with Crippen molar-refractivity contribution in [1.82, 2.24) is 49.1 Å². The molecule has 1 saturated heterocycles. The lowest BCUT2D eigenvalue weighted by Gasteiger charge is -2.20. The van der Waals surface area contributed by atoms with Gasteiger partial charge in [-0.2, -0.15) is 15.3 Å². The normalized spacial score (nSPS) is 16.0. The molecule has 12 nitrogen and oxygen atoms in total. The number of carbonyl (C=O) groups excluding carboxylic acids is 1. The third-order valence-corrected chi connectivity index (χ3v) is 8.47. The Morgan fingerprint density at radius 2 is 1.84 bits per heavy atom. The van der Waals surface area contributed by atoms with Crippen LogP contribution in [0.3, 0.4) is 0 Å². The van der Waals surface area contributed by atoms with E-state index >= 15 is 0 Å². The minimum atomic E-state index is 0.0779. The van der Waals surface area contributed by atoms with E-state index in [-0.39, 0.29) is 12.5 Å². The number of amides is 1. The fourth-order valence-corrected chi connectivity index (χ4v) is 6.10. The molecule has 1 atom stereocenters. The summed E-state index contributed by atoms with van der Waals surface area (Å²) < 4.78 is 5.42. The highest BCUT2D eigenvalue weighted by atomic mass is 16.2. The van der Waals surface area contributed by atoms with Crippen molar-refractivity contribution in [1.29, 1.82) is 0 Å². The minimum absolute atomic E-state index is 0.0779. The Morgan fingerprint density at radius 1 is 1.02 bits per heavy atom. The Bertz CT molecular complexity index is 1800. The van der Waals surface area contributed by atoms with E-state index in [2.05, 4.69) is 63.8 Å². The highest BCUT2D eigenvalue weighted by Crippen LogP contribution is 2.40. The van der Waals surface area contributed by atoms with Crippen molar-refractivity contribution in [3.63, 3.8) is 0 Å². The van der Waals surface area contributed by atoms with Crippen molar-refractivity contribution < 1.29 is 4.79 Å². The van der Waals surface area contributed by atoms with E-state index in [1.165, 1.54) is 0 Å². The molecule has 43 heavy (non-hydrogen) atoms. The molecule has 2 aliphatic rings. The predicted molar refractivity (Wildman–Crippen MR) is 163 cm³/mol. The van der Waals surface area contributed by atoms with Crippen molar-refractivity contribution in [3.8, 4) is 33.6 Å². The van der Waals surface area contributed by atoms with E-state index in [1.54, 1.807) is 4.68 Å². The Labute approximate surface area is 250 Å². The SMILES string of the molecule is CN(C)[C@H]1CCN(C(=O)Cn2ccc(Nc3ncc4c(n3)-c3c(nn(C)c3-c3ccc(-c5cnn(C)c5)cc3)CC4)n2)C1. The maximum Gasteiger partial charge on any atom is 0.244 e. The van der Waals surface area contributed by atoms with Crippen molar-refractivity contribution in [2.24, 2.45) is 14.1 Å². The second kappa shape index (κ2) is 10.8. The van der Waals surface area contributed by atoms with Crippen molar-refractivity contribution in [3.05, 3.63) is 66.4 Å². The van der Waals surface area contributed by atoms with Gasteiger partial charge >= 0.3 is 0 Å². The molecular weight excluding hydrogens is 542 g/mol. The van der Waals surface area contributed by atoms with Crippen LogP contribution in [-0.4, -0.2) is 88.2 Å². The van der Waals surface area contributed by atoms with Gasteiger partial charge in [-0.05, 0) is 44.5 Å². The predicted octanol–water partition coefficient (Wildman–Crippen LogP) is 3.15. The van der Waals surface area contributed by atoms with Gasteiger partial charge in [0.05, 0.1) is 23.3 Å². The first-order valence-electron chi connectivity index (χ1n) is 14.6. The van der Waals surface area contributed by atoms with Crippen LogP contribution in [-0.2, 0) is 38.3 Å². The van der Waals surface area contributed by atoms with Gasteiger partial charge < -0.3 is 15.1 Å². The van der Waals surface area contributed by atoms with E-state index in [9.17, 15) is 4.79 Å². The van der Waals surface area contributed by atoms with Crippen LogP contribution in [0.1, 0.15) is 17.7 Å². The van der Waals surface area contributed by atoms with Crippen LogP contribution < -0.4 is 5.32 Å². The summed E-state index contributed by atoms with van der Waals surface area (Å²) in [6, 6.07) is 10.7. The first-order chi connectivity index (χ1) is 20.8. The minimum Gasteiger partial charge on any atom is -0.339 e. The zero-order chi connectivity index (χ0) is 29.7. The molecule has 1 amide bonds. The van der Waals surface area contributed by atoms with Gasteiger partial charge in [0.2, 0.25) is 11.9 Å². The van der Waals surface area contributed by atoms with Gasteiger partial charge in [-0.1, -0.05) is 24.3 Å². The number of nitrogens with zero attached hydrogens (tertiary/aromatic N) is 10. The van der Waals surface area contributed by atoms with Crippen molar-refractivity contribution in [2.75, 3.05) is 32.5 Å². The molecule has 1 fully saturated rings. The molecule has 220 valence electrons. The quantitative estimate of drug-likeness (QED) is 0.314. The standard InChI is InChI=1S/C31H35N11O/c1-38(2)24-11-13-41(18-24)27(43)19-42-14-12-26(37-42)34-31-32-15-22-9-10-25-28(29(22)35-31)30(40(4)36-25)21-7-5-20(6-8-21)23-16-33-39(3)17-23/h5-8,12,14-17,24H,9-11,13,18-19H2,1-4H3,(H,32,34,35,37)/t24-/m0/s1. The Morgan fingerprint density at radius 3 is 2.58 bits per heavy atom. The molecular formula is C31H35N11O. The lowest BCUT2D eigenvalue weighted by molar-refractivity contribution is -0.131. The van der Waals surface area contributed by atoms with Crippen LogP contribution in [0.2, 0.25) is 0 Å². The van der Waals surface area contributed by atoms with Crippen LogP contribution in [0.25, 0.3) is 33.6 Å². The summed E-state index contributed by atoms with van der Waals surface area (Å²) in [5.41, 5.74) is 8.35. The number of nitrogens with one attached hydrogen (secondary N) is 1. The number of aryl methyl sites for hydroxylation is 4. The molecule has 4 aromatic heterocycles. The molecule has 12 heteroatoms. The molecule has 0 radical (unpaired) electrons. The number of likely N-dealkylation sites (N-methyl/N-ethyl adjacent to an activating group) is 1. The highest BCUT2D eigenvalue weighted by Gasteiger charge is 2.29. The number of hydrogen-bond acceptors (Lipinski definition) is 8. The monoisotopic (exact) mass is 577 g/mol. The maximum absolute atomic E-state index is 12.9. The van der Waals surface area contributed by atoms with Gasteiger partial charge in [0.15, 0.2) is 5.82 Å². The largest absolute Gasteiger partial charge is 0.339 e. The molecule has 1 aliphatic heterocycles. The van der Waals surface area contributed by atoms with E-state index < -0.39 is 0 Å². The molecule has 1 N–H and O–H groups in total. The van der Waals surface area contributed by atoms with E-state index in [1.807, 2.05) is 59.2 Å². The first kappa shape index (κ1) is 27.0. The summed E-state index contributed by atoms with van der Waals surface area (Å²) in [5.74, 6) is 1.13. The summed E-state index contributed by atoms with van der Waals surface area (Å²) >= 11 is 0. The molecule has 1 aromatic carbocycles. The lowest BCUT2D eigenvalue weighted by Crippen LogP contribution is -2.36. The molecule has 0 bridgehead atoms. The van der Waals surface area contributed by atoms with Gasteiger partial charge in [0.25, 0.3) is 0 Å². The number of benzene rings is 1. The van der Waals surface area contributed by atoms with Gasteiger partial charge in [0.1, 0.15) is 6.54 Å². The fourth-order valence-electron chi connectivity index (χ4n) is 6.10. The Kier molecular flexibility index (Phi) is 6.77. The number of aromatic nitrogens is 8. The van der Waals surface area contributed by atoms with Crippen LogP contribution in [0.5, 0.6) is 0 Å². The topological polar surface area (TPSA) is 115 Å². The number of carbonyl (C=O) groups is 1. The van der Waals surface area contributed by atoms with Crippen molar-refractivity contribution >= 4 is 17.7 Å². The maximum atomic E-state index is 12.9. The average molecular weight is 578 g/mol. The number of rotatable bonds is 7. The average Bonchev–Trinajstić information content (AvgIpc) is 3.80. The van der Waals surface area contributed by atoms with Crippen LogP contribution in [0.15, 0.2) is 55.1 Å². The van der Waals surface area contributed by atoms with Gasteiger partial charge in [-0.3, -0.25) is 18.8 Å². The zero-order valence-electron chi connectivity index (χ0n) is 24.9. The Hall–Kier alpha value is -4.84. The molecule has 5 heterocycles. The Balaban J connectivity index is 1.11. The van der Waals surface area contributed by atoms with E-state index in [0.717, 1.165) is 77.3 Å². The fraction of sp³-hybridized carbons (Fsp3) is 0.355. The van der Waals surface area contributed by atoms with Crippen molar-refractivity contribution in [2.45, 2.75) is 31.8 Å².